The van der Waals surface area contributed by atoms with Crippen LogP contribution in [0.25, 0.3) is 0 Å². The molecular formula is C18H22O10S. The highest BCUT2D eigenvalue weighted by Crippen LogP contribution is 2.42. The number of hydrogen-bond acceptors (Lipinski definition) is 11. The van der Waals surface area contributed by atoms with Crippen molar-refractivity contribution >= 4 is 35.2 Å². The highest BCUT2D eigenvalue weighted by molar-refractivity contribution is 7.10. The maximum atomic E-state index is 11.7. The summed E-state index contributed by atoms with van der Waals surface area (Å²) in [5.41, 5.74) is 0. The predicted octanol–water partition coefficient (Wildman–Crippen LogP) is 0.650. The van der Waals surface area contributed by atoms with Gasteiger partial charge in [-0.05, 0) is 11.4 Å². The molecule has 1 aromatic heterocycles. The molecule has 0 unspecified atom stereocenters. The molecule has 5 atom stereocenters. The van der Waals surface area contributed by atoms with E-state index in [1.54, 1.807) is 11.4 Å². The quantitative estimate of drug-likeness (QED) is 0.506. The molecule has 1 saturated heterocycles. The standard InChI is InChI=1S/C18H22O10S/c1-9(19)24-8-13-15(25-10(2)20)16(26-11(3)21)17(27-12(4)22)18(23,28-13)14-6-5-7-29-14/h5-7,13,15-17,23H,8H2,1-4H3/t13-,15+,16+,17-,18-/m1/s1. The second-order valence-electron chi connectivity index (χ2n) is 6.31. The molecule has 0 amide bonds. The van der Waals surface area contributed by atoms with E-state index >= 15 is 0 Å². The van der Waals surface area contributed by atoms with Gasteiger partial charge in [0.15, 0.2) is 12.2 Å². The first-order valence-electron chi connectivity index (χ1n) is 8.63. The molecule has 1 N–H and O–H groups in total. The summed E-state index contributed by atoms with van der Waals surface area (Å²) in [6, 6.07) is 3.16. The Hall–Kier alpha value is -2.50. The summed E-state index contributed by atoms with van der Waals surface area (Å²) < 4.78 is 26.5. The summed E-state index contributed by atoms with van der Waals surface area (Å²) in [5.74, 6) is -5.19. The minimum Gasteiger partial charge on any atom is -0.463 e. The molecule has 2 heterocycles. The fourth-order valence-electron chi connectivity index (χ4n) is 2.96. The zero-order valence-electron chi connectivity index (χ0n) is 16.3. The Kier molecular flexibility index (Phi) is 7.33. The van der Waals surface area contributed by atoms with E-state index in [0.29, 0.717) is 0 Å². The molecule has 160 valence electrons. The molecule has 11 heteroatoms. The van der Waals surface area contributed by atoms with Crippen LogP contribution in [-0.4, -0.2) is 60.0 Å². The van der Waals surface area contributed by atoms with Crippen molar-refractivity contribution in [1.29, 1.82) is 0 Å². The summed E-state index contributed by atoms with van der Waals surface area (Å²) in [5, 5.41) is 13.0. The van der Waals surface area contributed by atoms with Gasteiger partial charge in [0.1, 0.15) is 12.7 Å². The summed E-state index contributed by atoms with van der Waals surface area (Å²) in [4.78, 5) is 46.6. The van der Waals surface area contributed by atoms with Crippen LogP contribution < -0.4 is 0 Å². The smallest absolute Gasteiger partial charge is 0.303 e. The van der Waals surface area contributed by atoms with Gasteiger partial charge in [-0.3, -0.25) is 19.2 Å². The van der Waals surface area contributed by atoms with Gasteiger partial charge in [0.2, 0.25) is 11.9 Å². The zero-order chi connectivity index (χ0) is 21.8. The van der Waals surface area contributed by atoms with E-state index in [-0.39, 0.29) is 4.88 Å². The van der Waals surface area contributed by atoms with Crippen LogP contribution in [0.15, 0.2) is 17.5 Å². The van der Waals surface area contributed by atoms with Gasteiger partial charge in [0.05, 0.1) is 4.88 Å². The number of thiophene rings is 1. The third-order valence-corrected chi connectivity index (χ3v) is 4.90. The van der Waals surface area contributed by atoms with Crippen molar-refractivity contribution in [3.63, 3.8) is 0 Å². The Balaban J connectivity index is 2.56. The predicted molar refractivity (Wildman–Crippen MR) is 96.4 cm³/mol. The number of carbonyl (C=O) groups is 4. The first-order valence-corrected chi connectivity index (χ1v) is 9.51. The van der Waals surface area contributed by atoms with Crippen molar-refractivity contribution in [2.45, 2.75) is 57.9 Å². The summed E-state index contributed by atoms with van der Waals surface area (Å²) in [6.45, 7) is 4.09. The van der Waals surface area contributed by atoms with E-state index in [0.717, 1.165) is 32.1 Å². The third kappa shape index (κ3) is 5.52. The molecule has 0 saturated carbocycles. The molecule has 29 heavy (non-hydrogen) atoms. The van der Waals surface area contributed by atoms with Crippen molar-refractivity contribution < 1.29 is 48.0 Å². The Bertz CT molecular complexity index is 761. The van der Waals surface area contributed by atoms with E-state index < -0.39 is 60.7 Å². The molecule has 0 spiro atoms. The van der Waals surface area contributed by atoms with Gasteiger partial charge in [0, 0.05) is 27.7 Å². The number of hydrogen-bond donors (Lipinski definition) is 1. The Morgan fingerprint density at radius 1 is 1.00 bits per heavy atom. The van der Waals surface area contributed by atoms with Crippen LogP contribution in [0.1, 0.15) is 32.6 Å². The zero-order valence-corrected chi connectivity index (χ0v) is 17.1. The van der Waals surface area contributed by atoms with E-state index in [1.807, 2.05) is 0 Å². The lowest BCUT2D eigenvalue weighted by Crippen LogP contribution is -2.66. The van der Waals surface area contributed by atoms with Gasteiger partial charge < -0.3 is 28.8 Å². The van der Waals surface area contributed by atoms with Crippen LogP contribution in [-0.2, 0) is 48.6 Å². The number of carbonyl (C=O) groups excluding carboxylic acids is 4. The molecule has 0 aliphatic carbocycles. The Morgan fingerprint density at radius 2 is 1.59 bits per heavy atom. The molecule has 1 aromatic rings. The maximum absolute atomic E-state index is 11.7. The van der Waals surface area contributed by atoms with Crippen LogP contribution in [0.2, 0.25) is 0 Å². The molecule has 2 rings (SSSR count). The van der Waals surface area contributed by atoms with Gasteiger partial charge in [0.25, 0.3) is 0 Å². The van der Waals surface area contributed by atoms with Crippen LogP contribution in [0.3, 0.4) is 0 Å². The Labute approximate surface area is 170 Å². The molecule has 0 radical (unpaired) electrons. The number of ether oxygens (including phenoxy) is 5. The fourth-order valence-corrected chi connectivity index (χ4v) is 3.76. The van der Waals surface area contributed by atoms with E-state index in [9.17, 15) is 24.3 Å². The van der Waals surface area contributed by atoms with Crippen LogP contribution in [0, 0.1) is 0 Å². The van der Waals surface area contributed by atoms with Gasteiger partial charge in [-0.15, -0.1) is 11.3 Å². The lowest BCUT2D eigenvalue weighted by Gasteiger charge is -2.48. The summed E-state index contributed by atoms with van der Waals surface area (Å²) in [7, 11) is 0. The second-order valence-corrected chi connectivity index (χ2v) is 7.26. The van der Waals surface area contributed by atoms with Crippen molar-refractivity contribution in [1.82, 2.24) is 0 Å². The molecule has 1 aliphatic rings. The average Bonchev–Trinajstić information content (AvgIpc) is 3.13. The Morgan fingerprint density at radius 3 is 2.07 bits per heavy atom. The number of esters is 4. The third-order valence-electron chi connectivity index (χ3n) is 3.93. The first kappa shape index (κ1) is 22.8. The molecule has 1 aliphatic heterocycles. The van der Waals surface area contributed by atoms with Gasteiger partial charge >= 0.3 is 23.9 Å². The average molecular weight is 430 g/mol. The van der Waals surface area contributed by atoms with Gasteiger partial charge in [-0.2, -0.15) is 0 Å². The molecule has 0 bridgehead atoms. The topological polar surface area (TPSA) is 135 Å². The lowest BCUT2D eigenvalue weighted by molar-refractivity contribution is -0.358. The summed E-state index contributed by atoms with van der Waals surface area (Å²) >= 11 is 1.10. The molecule has 1 fully saturated rings. The number of aliphatic hydroxyl groups is 1. The highest BCUT2D eigenvalue weighted by atomic mass is 32.1. The monoisotopic (exact) mass is 430 g/mol. The minimum absolute atomic E-state index is 0.245. The van der Waals surface area contributed by atoms with Crippen molar-refractivity contribution in [3.8, 4) is 0 Å². The van der Waals surface area contributed by atoms with E-state index in [1.165, 1.54) is 13.0 Å². The molecule has 0 aromatic carbocycles. The SMILES string of the molecule is CC(=O)OC[C@H]1O[C@](O)(c2cccs2)[C@H](OC(C)=O)[C@@H](OC(C)=O)[C@H]1OC(C)=O. The van der Waals surface area contributed by atoms with Crippen molar-refractivity contribution in [2.24, 2.45) is 0 Å². The second kappa shape index (κ2) is 9.33. The van der Waals surface area contributed by atoms with Gasteiger partial charge in [-0.25, -0.2) is 0 Å². The minimum atomic E-state index is -2.25. The normalized spacial score (nSPS) is 28.9. The lowest BCUT2D eigenvalue weighted by atomic mass is 9.90. The van der Waals surface area contributed by atoms with Gasteiger partial charge in [-0.1, -0.05) is 6.07 Å². The highest BCUT2D eigenvalue weighted by Gasteiger charge is 2.60. The van der Waals surface area contributed by atoms with E-state index in [4.69, 9.17) is 23.7 Å². The van der Waals surface area contributed by atoms with Crippen molar-refractivity contribution in [3.05, 3.63) is 22.4 Å². The van der Waals surface area contributed by atoms with E-state index in [2.05, 4.69) is 0 Å². The van der Waals surface area contributed by atoms with Crippen molar-refractivity contribution in [2.75, 3.05) is 6.61 Å². The van der Waals surface area contributed by atoms with Crippen LogP contribution in [0.4, 0.5) is 0 Å². The summed E-state index contributed by atoms with van der Waals surface area (Å²) in [6.07, 6.45) is -5.52. The maximum Gasteiger partial charge on any atom is 0.303 e. The fraction of sp³-hybridized carbons (Fsp3) is 0.556. The number of rotatable bonds is 6. The molecular weight excluding hydrogens is 408 g/mol. The largest absolute Gasteiger partial charge is 0.463 e. The van der Waals surface area contributed by atoms with Crippen LogP contribution >= 0.6 is 11.3 Å². The van der Waals surface area contributed by atoms with Crippen LogP contribution in [0.5, 0.6) is 0 Å². The molecule has 10 nitrogen and oxygen atoms in total. The first-order chi connectivity index (χ1) is 13.5.